The lowest BCUT2D eigenvalue weighted by molar-refractivity contribution is 0.0781. The minimum atomic E-state index is 0.000875. The second kappa shape index (κ2) is 7.03. The summed E-state index contributed by atoms with van der Waals surface area (Å²) in [7, 11) is 1.94. The molecule has 7 heteroatoms. The summed E-state index contributed by atoms with van der Waals surface area (Å²) < 4.78 is 1.93. The maximum absolute atomic E-state index is 12.5. The number of hydrogen-bond donors (Lipinski definition) is 0. The van der Waals surface area contributed by atoms with Gasteiger partial charge in [-0.2, -0.15) is 0 Å². The highest BCUT2D eigenvalue weighted by Gasteiger charge is 2.28. The van der Waals surface area contributed by atoms with E-state index in [2.05, 4.69) is 15.0 Å². The fraction of sp³-hybridized carbons (Fsp3) is 0.316. The highest BCUT2D eigenvalue weighted by Crippen LogP contribution is 2.22. The zero-order valence-corrected chi connectivity index (χ0v) is 14.6. The zero-order chi connectivity index (χ0) is 17.9. The van der Waals surface area contributed by atoms with Crippen molar-refractivity contribution in [1.29, 1.82) is 0 Å². The Bertz CT molecular complexity index is 907. The molecule has 4 rings (SSSR count). The van der Waals surface area contributed by atoms with Gasteiger partial charge in [-0.3, -0.25) is 14.8 Å². The predicted molar refractivity (Wildman–Crippen MR) is 96.2 cm³/mol. The highest BCUT2D eigenvalue weighted by atomic mass is 16.2. The molecule has 0 radical (unpaired) electrons. The number of aryl methyl sites for hydroxylation is 1. The van der Waals surface area contributed by atoms with E-state index in [1.165, 1.54) is 0 Å². The molecule has 1 aliphatic heterocycles. The van der Waals surface area contributed by atoms with Crippen molar-refractivity contribution >= 4 is 5.91 Å². The van der Waals surface area contributed by atoms with Crippen LogP contribution in [0.3, 0.4) is 0 Å². The summed E-state index contributed by atoms with van der Waals surface area (Å²) in [5.74, 6) is 1.19. The average molecular weight is 348 g/mol. The molecular formula is C19H20N6O. The summed E-state index contributed by atoms with van der Waals surface area (Å²) in [5.41, 5.74) is 2.21. The quantitative estimate of drug-likeness (QED) is 0.720. The van der Waals surface area contributed by atoms with Gasteiger partial charge in [-0.05, 0) is 30.9 Å². The largest absolute Gasteiger partial charge is 0.337 e. The van der Waals surface area contributed by atoms with Crippen molar-refractivity contribution in [3.63, 3.8) is 0 Å². The van der Waals surface area contributed by atoms with Gasteiger partial charge in [0.1, 0.15) is 11.4 Å². The average Bonchev–Trinajstić information content (AvgIpc) is 3.31. The molecule has 0 aromatic carbocycles. The van der Waals surface area contributed by atoms with E-state index < -0.39 is 0 Å². The van der Waals surface area contributed by atoms with Crippen LogP contribution in [-0.2, 0) is 13.5 Å². The van der Waals surface area contributed by atoms with Crippen LogP contribution in [-0.4, -0.2) is 48.4 Å². The Morgan fingerprint density at radius 2 is 2.15 bits per heavy atom. The Balaban J connectivity index is 1.43. The van der Waals surface area contributed by atoms with Crippen molar-refractivity contribution in [2.24, 2.45) is 13.0 Å². The number of amides is 1. The molecule has 0 aliphatic carbocycles. The van der Waals surface area contributed by atoms with Crippen LogP contribution in [0.15, 0.2) is 49.2 Å². The number of likely N-dealkylation sites (tertiary alicyclic amines) is 1. The standard InChI is InChI=1S/C19H20N6O/c1-24-9-7-22-18(24)17-12-20-11-15(23-17)10-14-5-8-25(13-14)19(26)16-4-2-3-6-21-16/h2-4,6-7,9,11-12,14H,5,8,10,13H2,1H3. The number of hydrogen-bond acceptors (Lipinski definition) is 5. The molecule has 3 aromatic heterocycles. The normalized spacial score (nSPS) is 16.8. The molecule has 0 bridgehead atoms. The van der Waals surface area contributed by atoms with Crippen molar-refractivity contribution in [2.75, 3.05) is 13.1 Å². The number of pyridine rings is 1. The topological polar surface area (TPSA) is 76.8 Å². The molecule has 0 spiro atoms. The maximum Gasteiger partial charge on any atom is 0.272 e. The Labute approximate surface area is 151 Å². The van der Waals surface area contributed by atoms with Crippen molar-refractivity contribution in [1.82, 2.24) is 29.4 Å². The van der Waals surface area contributed by atoms with E-state index in [1.807, 2.05) is 34.8 Å². The Morgan fingerprint density at radius 3 is 2.92 bits per heavy atom. The van der Waals surface area contributed by atoms with Gasteiger partial charge < -0.3 is 9.47 Å². The molecule has 1 saturated heterocycles. The molecule has 0 N–H and O–H groups in total. The van der Waals surface area contributed by atoms with Gasteiger partial charge >= 0.3 is 0 Å². The van der Waals surface area contributed by atoms with Crippen LogP contribution >= 0.6 is 0 Å². The van der Waals surface area contributed by atoms with Crippen LogP contribution in [0, 0.1) is 5.92 Å². The smallest absolute Gasteiger partial charge is 0.272 e. The fourth-order valence-corrected chi connectivity index (χ4v) is 3.36. The summed E-state index contributed by atoms with van der Waals surface area (Å²) in [6.45, 7) is 1.48. The number of imidazole rings is 1. The second-order valence-electron chi connectivity index (χ2n) is 6.58. The third-order valence-electron chi connectivity index (χ3n) is 4.69. The summed E-state index contributed by atoms with van der Waals surface area (Å²) in [6, 6.07) is 5.42. The van der Waals surface area contributed by atoms with E-state index >= 15 is 0 Å². The van der Waals surface area contributed by atoms with Gasteiger partial charge in [-0.25, -0.2) is 9.97 Å². The summed E-state index contributed by atoms with van der Waals surface area (Å²) in [5, 5.41) is 0. The molecule has 1 fully saturated rings. The molecule has 1 amide bonds. The van der Waals surface area contributed by atoms with Crippen molar-refractivity contribution in [2.45, 2.75) is 12.8 Å². The van der Waals surface area contributed by atoms with E-state index in [1.54, 1.807) is 30.9 Å². The highest BCUT2D eigenvalue weighted by molar-refractivity contribution is 5.92. The minimum Gasteiger partial charge on any atom is -0.337 e. The molecule has 4 heterocycles. The maximum atomic E-state index is 12.5. The van der Waals surface area contributed by atoms with E-state index in [4.69, 9.17) is 4.98 Å². The molecule has 132 valence electrons. The van der Waals surface area contributed by atoms with Gasteiger partial charge in [0.2, 0.25) is 0 Å². The van der Waals surface area contributed by atoms with Gasteiger partial charge in [0.05, 0.1) is 11.9 Å². The minimum absolute atomic E-state index is 0.000875. The monoisotopic (exact) mass is 348 g/mol. The van der Waals surface area contributed by atoms with Crippen LogP contribution in [0.5, 0.6) is 0 Å². The van der Waals surface area contributed by atoms with Crippen LogP contribution in [0.2, 0.25) is 0 Å². The Hall–Kier alpha value is -3.09. The van der Waals surface area contributed by atoms with Crippen LogP contribution in [0.25, 0.3) is 11.5 Å². The fourth-order valence-electron chi connectivity index (χ4n) is 3.36. The Kier molecular flexibility index (Phi) is 4.43. The first-order valence-electron chi connectivity index (χ1n) is 8.69. The van der Waals surface area contributed by atoms with Crippen molar-refractivity contribution < 1.29 is 4.79 Å². The van der Waals surface area contributed by atoms with Crippen LogP contribution < -0.4 is 0 Å². The molecule has 1 atom stereocenters. The molecule has 3 aromatic rings. The predicted octanol–water partition coefficient (Wildman–Crippen LogP) is 1.98. The summed E-state index contributed by atoms with van der Waals surface area (Å²) in [4.78, 5) is 31.9. The molecule has 7 nitrogen and oxygen atoms in total. The SMILES string of the molecule is Cn1ccnc1-c1cncc(CC2CCN(C(=O)c3ccccn3)C2)n1. The molecular weight excluding hydrogens is 328 g/mol. The van der Waals surface area contributed by atoms with Crippen LogP contribution in [0.1, 0.15) is 22.6 Å². The number of aromatic nitrogens is 5. The van der Waals surface area contributed by atoms with Crippen molar-refractivity contribution in [3.05, 3.63) is 60.6 Å². The first-order chi connectivity index (χ1) is 12.7. The van der Waals surface area contributed by atoms with E-state index in [9.17, 15) is 4.79 Å². The second-order valence-corrected chi connectivity index (χ2v) is 6.58. The van der Waals surface area contributed by atoms with Gasteiger partial charge in [0, 0.05) is 44.9 Å². The number of carbonyl (C=O) groups is 1. The summed E-state index contributed by atoms with van der Waals surface area (Å²) >= 11 is 0. The lowest BCUT2D eigenvalue weighted by atomic mass is 10.0. The van der Waals surface area contributed by atoms with Gasteiger partial charge in [-0.15, -0.1) is 0 Å². The molecule has 0 saturated carbocycles. The zero-order valence-electron chi connectivity index (χ0n) is 14.6. The van der Waals surface area contributed by atoms with Gasteiger partial charge in [0.25, 0.3) is 5.91 Å². The lowest BCUT2D eigenvalue weighted by Gasteiger charge is -2.16. The van der Waals surface area contributed by atoms with E-state index in [0.29, 0.717) is 11.6 Å². The van der Waals surface area contributed by atoms with E-state index in [-0.39, 0.29) is 5.91 Å². The summed E-state index contributed by atoms with van der Waals surface area (Å²) in [6.07, 6.45) is 10.6. The van der Waals surface area contributed by atoms with Crippen LogP contribution in [0.4, 0.5) is 0 Å². The lowest BCUT2D eigenvalue weighted by Crippen LogP contribution is -2.29. The third-order valence-corrected chi connectivity index (χ3v) is 4.69. The van der Waals surface area contributed by atoms with E-state index in [0.717, 1.165) is 43.1 Å². The van der Waals surface area contributed by atoms with Gasteiger partial charge in [-0.1, -0.05) is 6.07 Å². The molecule has 1 unspecified atom stereocenters. The van der Waals surface area contributed by atoms with Crippen molar-refractivity contribution in [3.8, 4) is 11.5 Å². The third kappa shape index (κ3) is 3.33. The molecule has 1 aliphatic rings. The van der Waals surface area contributed by atoms with Gasteiger partial charge in [0.15, 0.2) is 5.82 Å². The first-order valence-corrected chi connectivity index (χ1v) is 8.69. The molecule has 26 heavy (non-hydrogen) atoms. The Morgan fingerprint density at radius 1 is 1.23 bits per heavy atom. The number of rotatable bonds is 4. The first kappa shape index (κ1) is 16.4. The number of nitrogens with zero attached hydrogens (tertiary/aromatic N) is 6. The number of carbonyl (C=O) groups excluding carboxylic acids is 1.